The molecular formula is C14H21NO2. The summed E-state index contributed by atoms with van der Waals surface area (Å²) in [4.78, 5) is 2.49. The lowest BCUT2D eigenvalue weighted by Gasteiger charge is -2.26. The van der Waals surface area contributed by atoms with E-state index in [1.807, 2.05) is 18.2 Å². The Hall–Kier alpha value is -1.22. The van der Waals surface area contributed by atoms with Gasteiger partial charge in [-0.3, -0.25) is 4.90 Å². The van der Waals surface area contributed by atoms with Crippen LogP contribution in [0.3, 0.4) is 0 Å². The van der Waals surface area contributed by atoms with E-state index >= 15 is 0 Å². The smallest absolute Gasteiger partial charge is 0.127 e. The molecule has 94 valence electrons. The minimum Gasteiger partial charge on any atom is -0.496 e. The maximum atomic E-state index is 5.49. The van der Waals surface area contributed by atoms with Gasteiger partial charge in [0.15, 0.2) is 0 Å². The third-order valence-electron chi connectivity index (χ3n) is 3.57. The first-order valence-electron chi connectivity index (χ1n) is 6.26. The second-order valence-electron chi connectivity index (χ2n) is 4.36. The van der Waals surface area contributed by atoms with Gasteiger partial charge in [0.05, 0.1) is 19.8 Å². The number of likely N-dealkylation sites (tertiary alicyclic amines) is 1. The molecule has 0 amide bonds. The molecule has 1 saturated heterocycles. The Bertz CT molecular complexity index is 356. The number of nitrogens with zero attached hydrogens (tertiary/aromatic N) is 1. The molecule has 1 aliphatic heterocycles. The summed E-state index contributed by atoms with van der Waals surface area (Å²) in [7, 11) is 3.45. The second kappa shape index (κ2) is 5.41. The first-order chi connectivity index (χ1) is 8.31. The van der Waals surface area contributed by atoms with E-state index in [1.165, 1.54) is 24.9 Å². The third kappa shape index (κ3) is 2.25. The molecule has 1 aliphatic rings. The Morgan fingerprint density at radius 2 is 1.88 bits per heavy atom. The number of rotatable bonds is 4. The fourth-order valence-corrected chi connectivity index (χ4v) is 2.74. The zero-order valence-electron chi connectivity index (χ0n) is 10.9. The van der Waals surface area contributed by atoms with Crippen LogP contribution in [0.4, 0.5) is 0 Å². The second-order valence-corrected chi connectivity index (χ2v) is 4.36. The van der Waals surface area contributed by atoms with Crippen molar-refractivity contribution in [3.8, 4) is 11.5 Å². The lowest BCUT2D eigenvalue weighted by Crippen LogP contribution is -2.23. The minimum atomic E-state index is 0.436. The van der Waals surface area contributed by atoms with Crippen molar-refractivity contribution in [1.29, 1.82) is 0 Å². The van der Waals surface area contributed by atoms with Crippen LogP contribution in [0.2, 0.25) is 0 Å². The van der Waals surface area contributed by atoms with E-state index in [4.69, 9.17) is 9.47 Å². The number of hydrogen-bond acceptors (Lipinski definition) is 3. The highest BCUT2D eigenvalue weighted by atomic mass is 16.5. The van der Waals surface area contributed by atoms with Crippen LogP contribution >= 0.6 is 0 Å². The maximum absolute atomic E-state index is 5.49. The van der Waals surface area contributed by atoms with Crippen molar-refractivity contribution < 1.29 is 9.47 Å². The Kier molecular flexibility index (Phi) is 3.89. The predicted octanol–water partition coefficient (Wildman–Crippen LogP) is 2.86. The minimum absolute atomic E-state index is 0.436. The van der Waals surface area contributed by atoms with Gasteiger partial charge < -0.3 is 9.47 Å². The molecule has 0 saturated carbocycles. The number of benzene rings is 1. The third-order valence-corrected chi connectivity index (χ3v) is 3.57. The fourth-order valence-electron chi connectivity index (χ4n) is 2.74. The molecule has 0 aromatic heterocycles. The van der Waals surface area contributed by atoms with Crippen molar-refractivity contribution >= 4 is 0 Å². The molecule has 3 heteroatoms. The molecule has 17 heavy (non-hydrogen) atoms. The van der Waals surface area contributed by atoms with Crippen molar-refractivity contribution in [2.24, 2.45) is 0 Å². The van der Waals surface area contributed by atoms with Crippen molar-refractivity contribution in [2.45, 2.75) is 25.8 Å². The van der Waals surface area contributed by atoms with Gasteiger partial charge in [-0.05, 0) is 38.1 Å². The van der Waals surface area contributed by atoms with Gasteiger partial charge >= 0.3 is 0 Å². The molecule has 1 aromatic carbocycles. The average molecular weight is 235 g/mol. The Labute approximate surface area is 103 Å². The van der Waals surface area contributed by atoms with Gasteiger partial charge in [0.1, 0.15) is 11.5 Å². The van der Waals surface area contributed by atoms with E-state index in [0.29, 0.717) is 6.04 Å². The molecule has 3 nitrogen and oxygen atoms in total. The van der Waals surface area contributed by atoms with Crippen LogP contribution in [-0.2, 0) is 0 Å². The summed E-state index contributed by atoms with van der Waals surface area (Å²) < 4.78 is 11.0. The van der Waals surface area contributed by atoms with Crippen molar-refractivity contribution in [3.63, 3.8) is 0 Å². The number of methoxy groups -OCH3 is 2. The highest BCUT2D eigenvalue weighted by Crippen LogP contribution is 2.41. The summed E-state index contributed by atoms with van der Waals surface area (Å²) in [6.45, 7) is 4.45. The summed E-state index contributed by atoms with van der Waals surface area (Å²) in [5.41, 5.74) is 1.21. The first kappa shape index (κ1) is 12.2. The van der Waals surface area contributed by atoms with E-state index in [1.54, 1.807) is 14.2 Å². The van der Waals surface area contributed by atoms with Gasteiger partial charge in [0.25, 0.3) is 0 Å². The average Bonchev–Trinajstić information content (AvgIpc) is 2.85. The Morgan fingerprint density at radius 3 is 2.41 bits per heavy atom. The first-order valence-corrected chi connectivity index (χ1v) is 6.26. The Morgan fingerprint density at radius 1 is 1.24 bits per heavy atom. The largest absolute Gasteiger partial charge is 0.496 e. The standard InChI is InChI=1S/C14H21NO2/c1-4-15-10-6-7-11(15)14-12(16-2)8-5-9-13(14)17-3/h5,8-9,11H,4,6-7,10H2,1-3H3/t11-/m1/s1. The predicted molar refractivity (Wildman–Crippen MR) is 68.8 cm³/mol. The SMILES string of the molecule is CCN1CCC[C@@H]1c1c(OC)cccc1OC. The lowest BCUT2D eigenvalue weighted by molar-refractivity contribution is 0.257. The number of ether oxygens (including phenoxy) is 2. The van der Waals surface area contributed by atoms with Gasteiger partial charge in [-0.1, -0.05) is 13.0 Å². The van der Waals surface area contributed by atoms with E-state index in [0.717, 1.165) is 18.0 Å². The Balaban J connectivity index is 2.41. The van der Waals surface area contributed by atoms with E-state index in [2.05, 4.69) is 11.8 Å². The van der Waals surface area contributed by atoms with Crippen LogP contribution in [0.15, 0.2) is 18.2 Å². The van der Waals surface area contributed by atoms with E-state index in [-0.39, 0.29) is 0 Å². The van der Waals surface area contributed by atoms with Crippen LogP contribution in [-0.4, -0.2) is 32.2 Å². The molecule has 1 aromatic rings. The zero-order chi connectivity index (χ0) is 12.3. The highest BCUT2D eigenvalue weighted by molar-refractivity contribution is 5.47. The quantitative estimate of drug-likeness (QED) is 0.801. The van der Waals surface area contributed by atoms with E-state index < -0.39 is 0 Å². The monoisotopic (exact) mass is 235 g/mol. The molecule has 0 spiro atoms. The summed E-state index contributed by atoms with van der Waals surface area (Å²) >= 11 is 0. The normalized spacial score (nSPS) is 20.5. The van der Waals surface area contributed by atoms with Crippen molar-refractivity contribution in [1.82, 2.24) is 4.90 Å². The molecule has 0 aliphatic carbocycles. The molecular weight excluding hydrogens is 214 g/mol. The van der Waals surface area contributed by atoms with Crippen LogP contribution in [0.1, 0.15) is 31.4 Å². The number of hydrogen-bond donors (Lipinski definition) is 0. The zero-order valence-corrected chi connectivity index (χ0v) is 10.9. The van der Waals surface area contributed by atoms with Gasteiger partial charge in [-0.2, -0.15) is 0 Å². The van der Waals surface area contributed by atoms with Crippen molar-refractivity contribution in [3.05, 3.63) is 23.8 Å². The van der Waals surface area contributed by atoms with Crippen LogP contribution in [0, 0.1) is 0 Å². The molecule has 0 radical (unpaired) electrons. The molecule has 1 atom stereocenters. The molecule has 2 rings (SSSR count). The van der Waals surface area contributed by atoms with Crippen molar-refractivity contribution in [2.75, 3.05) is 27.3 Å². The van der Waals surface area contributed by atoms with E-state index in [9.17, 15) is 0 Å². The molecule has 0 bridgehead atoms. The maximum Gasteiger partial charge on any atom is 0.127 e. The lowest BCUT2D eigenvalue weighted by atomic mass is 10.0. The van der Waals surface area contributed by atoms with Crippen LogP contribution in [0.5, 0.6) is 11.5 Å². The fraction of sp³-hybridized carbons (Fsp3) is 0.571. The summed E-state index contributed by atoms with van der Waals surface area (Å²) in [6.07, 6.45) is 2.43. The highest BCUT2D eigenvalue weighted by Gasteiger charge is 2.29. The summed E-state index contributed by atoms with van der Waals surface area (Å²) in [5.74, 6) is 1.88. The molecule has 0 N–H and O–H groups in total. The van der Waals surface area contributed by atoms with Crippen LogP contribution < -0.4 is 9.47 Å². The molecule has 1 heterocycles. The summed E-state index contributed by atoms with van der Waals surface area (Å²) in [5, 5.41) is 0. The molecule has 0 unspecified atom stereocenters. The molecule has 1 fully saturated rings. The topological polar surface area (TPSA) is 21.7 Å². The van der Waals surface area contributed by atoms with Gasteiger partial charge in [0.2, 0.25) is 0 Å². The summed E-state index contributed by atoms with van der Waals surface area (Å²) in [6, 6.07) is 6.45. The van der Waals surface area contributed by atoms with Gasteiger partial charge in [0, 0.05) is 6.04 Å². The van der Waals surface area contributed by atoms with Gasteiger partial charge in [-0.25, -0.2) is 0 Å². The van der Waals surface area contributed by atoms with Gasteiger partial charge in [-0.15, -0.1) is 0 Å². The van der Waals surface area contributed by atoms with Crippen LogP contribution in [0.25, 0.3) is 0 Å².